The van der Waals surface area contributed by atoms with Crippen LogP contribution in [0, 0.1) is 17.6 Å². The number of urea groups is 1. The highest BCUT2D eigenvalue weighted by Gasteiger charge is 2.25. The van der Waals surface area contributed by atoms with Crippen molar-refractivity contribution in [1.29, 1.82) is 0 Å². The molecule has 2 amide bonds. The first-order valence-electron chi connectivity index (χ1n) is 7.73. The molecule has 1 aliphatic carbocycles. The monoisotopic (exact) mass is 312 g/mol. The van der Waals surface area contributed by atoms with Gasteiger partial charge in [0.1, 0.15) is 11.6 Å². The van der Waals surface area contributed by atoms with Gasteiger partial charge in [0.05, 0.1) is 5.69 Å². The summed E-state index contributed by atoms with van der Waals surface area (Å²) in [6.07, 6.45) is 5.92. The standard InChI is InChI=1S/C16H22F2N2O2/c17-12-6-7-13(18)15(10-12)20-16(22)19-14(8-9-21)11-4-2-1-3-5-11/h6-7,10-11,14,21H,1-5,8-9H2,(H2,19,20,22). The summed E-state index contributed by atoms with van der Waals surface area (Å²) in [4.78, 5) is 12.0. The van der Waals surface area contributed by atoms with Crippen LogP contribution < -0.4 is 10.6 Å². The summed E-state index contributed by atoms with van der Waals surface area (Å²) >= 11 is 0. The van der Waals surface area contributed by atoms with E-state index in [-0.39, 0.29) is 18.3 Å². The largest absolute Gasteiger partial charge is 0.396 e. The second-order valence-electron chi connectivity index (χ2n) is 5.74. The highest BCUT2D eigenvalue weighted by molar-refractivity contribution is 5.89. The van der Waals surface area contributed by atoms with E-state index in [1.165, 1.54) is 6.42 Å². The minimum absolute atomic E-state index is 0.0181. The zero-order valence-corrected chi connectivity index (χ0v) is 12.4. The van der Waals surface area contributed by atoms with Gasteiger partial charge < -0.3 is 15.7 Å². The van der Waals surface area contributed by atoms with Crippen LogP contribution in [0.5, 0.6) is 0 Å². The van der Waals surface area contributed by atoms with Gasteiger partial charge in [-0.3, -0.25) is 0 Å². The Labute approximate surface area is 128 Å². The minimum Gasteiger partial charge on any atom is -0.396 e. The molecule has 22 heavy (non-hydrogen) atoms. The van der Waals surface area contributed by atoms with Crippen LogP contribution in [0.4, 0.5) is 19.3 Å². The summed E-state index contributed by atoms with van der Waals surface area (Å²) in [6.45, 7) is -0.0181. The molecule has 1 atom stereocenters. The van der Waals surface area contributed by atoms with Gasteiger partial charge in [0, 0.05) is 18.7 Å². The lowest BCUT2D eigenvalue weighted by Gasteiger charge is -2.30. The molecule has 0 aliphatic heterocycles. The quantitative estimate of drug-likeness (QED) is 0.780. The molecule has 1 aromatic rings. The van der Waals surface area contributed by atoms with Crippen LogP contribution in [0.3, 0.4) is 0 Å². The fourth-order valence-corrected chi connectivity index (χ4v) is 3.02. The number of halogens is 2. The van der Waals surface area contributed by atoms with Gasteiger partial charge in [-0.25, -0.2) is 13.6 Å². The van der Waals surface area contributed by atoms with E-state index in [4.69, 9.17) is 5.11 Å². The predicted molar refractivity (Wildman–Crippen MR) is 80.6 cm³/mol. The van der Waals surface area contributed by atoms with Crippen molar-refractivity contribution in [2.75, 3.05) is 11.9 Å². The molecular formula is C16H22F2N2O2. The highest BCUT2D eigenvalue weighted by Crippen LogP contribution is 2.27. The van der Waals surface area contributed by atoms with Crippen molar-refractivity contribution < 1.29 is 18.7 Å². The number of aliphatic hydroxyl groups is 1. The Morgan fingerprint density at radius 1 is 1.27 bits per heavy atom. The molecule has 1 fully saturated rings. The van der Waals surface area contributed by atoms with E-state index in [2.05, 4.69) is 10.6 Å². The maximum Gasteiger partial charge on any atom is 0.319 e. The fraction of sp³-hybridized carbons (Fsp3) is 0.562. The number of rotatable bonds is 5. The Kier molecular flexibility index (Phi) is 6.12. The van der Waals surface area contributed by atoms with Gasteiger partial charge in [0.25, 0.3) is 0 Å². The molecule has 3 N–H and O–H groups in total. The number of carbonyl (C=O) groups excluding carboxylic acids is 1. The lowest BCUT2D eigenvalue weighted by atomic mass is 9.83. The van der Waals surface area contributed by atoms with E-state index >= 15 is 0 Å². The number of hydrogen-bond acceptors (Lipinski definition) is 2. The van der Waals surface area contributed by atoms with E-state index in [1.54, 1.807) is 0 Å². The Morgan fingerprint density at radius 3 is 2.68 bits per heavy atom. The SMILES string of the molecule is O=C(Nc1cc(F)ccc1F)NC(CCO)C1CCCCC1. The normalized spacial score (nSPS) is 17.0. The first-order chi connectivity index (χ1) is 10.6. The van der Waals surface area contributed by atoms with Gasteiger partial charge in [-0.2, -0.15) is 0 Å². The van der Waals surface area contributed by atoms with Crippen LogP contribution in [-0.4, -0.2) is 23.8 Å². The van der Waals surface area contributed by atoms with E-state index in [0.29, 0.717) is 12.3 Å². The second-order valence-corrected chi connectivity index (χ2v) is 5.74. The Hall–Kier alpha value is -1.69. The van der Waals surface area contributed by atoms with Gasteiger partial charge in [-0.05, 0) is 37.3 Å². The molecule has 0 aromatic heterocycles. The molecule has 1 saturated carbocycles. The molecule has 0 saturated heterocycles. The molecule has 0 spiro atoms. The van der Waals surface area contributed by atoms with Crippen LogP contribution in [0.2, 0.25) is 0 Å². The van der Waals surface area contributed by atoms with Gasteiger partial charge in [-0.1, -0.05) is 19.3 Å². The molecule has 122 valence electrons. The second kappa shape index (κ2) is 8.08. The smallest absolute Gasteiger partial charge is 0.319 e. The summed E-state index contributed by atoms with van der Waals surface area (Å²) in [6, 6.07) is 2.18. The summed E-state index contributed by atoms with van der Waals surface area (Å²) in [7, 11) is 0. The molecule has 0 heterocycles. The first kappa shape index (κ1) is 16.7. The highest BCUT2D eigenvalue weighted by atomic mass is 19.1. The van der Waals surface area contributed by atoms with Crippen molar-refractivity contribution in [1.82, 2.24) is 5.32 Å². The fourth-order valence-electron chi connectivity index (χ4n) is 3.02. The number of amides is 2. The molecule has 1 aliphatic rings. The Morgan fingerprint density at radius 2 is 2.00 bits per heavy atom. The Balaban J connectivity index is 1.96. The minimum atomic E-state index is -0.687. The van der Waals surface area contributed by atoms with Gasteiger partial charge in [0.15, 0.2) is 0 Å². The van der Waals surface area contributed by atoms with Crippen molar-refractivity contribution in [3.8, 4) is 0 Å². The number of hydrogen-bond donors (Lipinski definition) is 3. The average Bonchev–Trinajstić information content (AvgIpc) is 2.51. The van der Waals surface area contributed by atoms with E-state index in [0.717, 1.165) is 43.9 Å². The maximum absolute atomic E-state index is 13.5. The molecule has 1 aromatic carbocycles. The number of aliphatic hydroxyl groups excluding tert-OH is 1. The summed E-state index contributed by atoms with van der Waals surface area (Å²) < 4.78 is 26.6. The molecular weight excluding hydrogens is 290 g/mol. The molecule has 4 nitrogen and oxygen atoms in total. The summed E-state index contributed by atoms with van der Waals surface area (Å²) in [5.74, 6) is -0.979. The molecule has 6 heteroatoms. The zero-order chi connectivity index (χ0) is 15.9. The summed E-state index contributed by atoms with van der Waals surface area (Å²) in [5, 5.41) is 14.3. The van der Waals surface area contributed by atoms with Crippen LogP contribution in [0.25, 0.3) is 0 Å². The summed E-state index contributed by atoms with van der Waals surface area (Å²) in [5.41, 5.74) is -0.191. The van der Waals surface area contributed by atoms with Gasteiger partial charge in [-0.15, -0.1) is 0 Å². The first-order valence-corrected chi connectivity index (χ1v) is 7.73. The molecule has 1 unspecified atom stereocenters. The van der Waals surface area contributed by atoms with E-state index in [9.17, 15) is 13.6 Å². The van der Waals surface area contributed by atoms with Crippen molar-refractivity contribution in [3.05, 3.63) is 29.8 Å². The van der Waals surface area contributed by atoms with Crippen LogP contribution in [0.1, 0.15) is 38.5 Å². The number of anilines is 1. The third kappa shape index (κ3) is 4.66. The lowest BCUT2D eigenvalue weighted by Crippen LogP contribution is -2.43. The van der Waals surface area contributed by atoms with Crippen molar-refractivity contribution >= 4 is 11.7 Å². The van der Waals surface area contributed by atoms with E-state index < -0.39 is 17.7 Å². The van der Waals surface area contributed by atoms with Crippen molar-refractivity contribution in [2.24, 2.45) is 5.92 Å². The number of benzene rings is 1. The van der Waals surface area contributed by atoms with Gasteiger partial charge in [0.2, 0.25) is 0 Å². The van der Waals surface area contributed by atoms with Crippen molar-refractivity contribution in [3.63, 3.8) is 0 Å². The van der Waals surface area contributed by atoms with Gasteiger partial charge >= 0.3 is 6.03 Å². The molecule has 2 rings (SSSR count). The molecule has 0 bridgehead atoms. The maximum atomic E-state index is 13.5. The Bertz CT molecular complexity index is 505. The molecule has 0 radical (unpaired) electrons. The van der Waals surface area contributed by atoms with Crippen LogP contribution in [-0.2, 0) is 0 Å². The van der Waals surface area contributed by atoms with E-state index in [1.807, 2.05) is 0 Å². The van der Waals surface area contributed by atoms with Crippen molar-refractivity contribution in [2.45, 2.75) is 44.6 Å². The lowest BCUT2D eigenvalue weighted by molar-refractivity contribution is 0.202. The third-order valence-corrected chi connectivity index (χ3v) is 4.15. The topological polar surface area (TPSA) is 61.4 Å². The number of nitrogens with one attached hydrogen (secondary N) is 2. The van der Waals surface area contributed by atoms with Crippen LogP contribution in [0.15, 0.2) is 18.2 Å². The predicted octanol–water partition coefficient (Wildman–Crippen LogP) is 3.42. The zero-order valence-electron chi connectivity index (χ0n) is 12.4. The average molecular weight is 312 g/mol. The number of carbonyl (C=O) groups is 1. The third-order valence-electron chi connectivity index (χ3n) is 4.15. The van der Waals surface area contributed by atoms with Crippen LogP contribution >= 0.6 is 0 Å².